The third-order valence-corrected chi connectivity index (χ3v) is 6.57. The van der Waals surface area contributed by atoms with Crippen LogP contribution in [0.3, 0.4) is 0 Å². The molecule has 0 radical (unpaired) electrons. The first kappa shape index (κ1) is 15.9. The van der Waals surface area contributed by atoms with E-state index < -0.39 is 10.0 Å². The predicted molar refractivity (Wildman–Crippen MR) is 81.9 cm³/mol. The van der Waals surface area contributed by atoms with Gasteiger partial charge in [-0.3, -0.25) is 0 Å². The van der Waals surface area contributed by atoms with Crippen molar-refractivity contribution in [3.05, 3.63) is 11.7 Å². The second kappa shape index (κ2) is 6.64. The molecule has 0 atom stereocenters. The molecule has 0 unspecified atom stereocenters. The second-order valence-corrected chi connectivity index (χ2v) is 8.38. The normalized spacial score (nSPS) is 24.0. The maximum atomic E-state index is 11.8. The third kappa shape index (κ3) is 3.85. The Kier molecular flexibility index (Phi) is 4.79. The van der Waals surface area contributed by atoms with E-state index in [1.165, 1.54) is 0 Å². The molecule has 8 heteroatoms. The van der Waals surface area contributed by atoms with Crippen LogP contribution in [0.25, 0.3) is 0 Å². The average molecular weight is 328 g/mol. The van der Waals surface area contributed by atoms with Gasteiger partial charge in [-0.2, -0.15) is 4.98 Å². The van der Waals surface area contributed by atoms with Crippen molar-refractivity contribution in [2.75, 3.05) is 38.5 Å². The van der Waals surface area contributed by atoms with Crippen molar-refractivity contribution in [1.82, 2.24) is 19.3 Å². The van der Waals surface area contributed by atoms with Crippen molar-refractivity contribution in [2.45, 2.75) is 32.6 Å². The lowest BCUT2D eigenvalue weighted by atomic mass is 9.93. The zero-order chi connectivity index (χ0) is 15.6. The van der Waals surface area contributed by atoms with Crippen LogP contribution in [0.1, 0.15) is 31.0 Å². The van der Waals surface area contributed by atoms with Crippen LogP contribution in [0.5, 0.6) is 0 Å². The SMILES string of the molecule is Cc1nc(CC2CCN(CCN3CCCS3(=O)=O)CC2)no1. The molecular weight excluding hydrogens is 304 g/mol. The summed E-state index contributed by atoms with van der Waals surface area (Å²) in [7, 11) is -2.96. The molecule has 1 aromatic heterocycles. The van der Waals surface area contributed by atoms with Gasteiger partial charge in [-0.05, 0) is 38.3 Å². The fourth-order valence-corrected chi connectivity index (χ4v) is 4.81. The predicted octanol–water partition coefficient (Wildman–Crippen LogP) is 0.668. The van der Waals surface area contributed by atoms with Gasteiger partial charge in [-0.1, -0.05) is 5.16 Å². The Balaban J connectivity index is 1.40. The van der Waals surface area contributed by atoms with E-state index in [2.05, 4.69) is 15.0 Å². The summed E-state index contributed by atoms with van der Waals surface area (Å²) in [6.45, 7) is 6.02. The average Bonchev–Trinajstić information content (AvgIpc) is 3.03. The van der Waals surface area contributed by atoms with Crippen molar-refractivity contribution < 1.29 is 12.9 Å². The molecule has 2 aliphatic heterocycles. The highest BCUT2D eigenvalue weighted by atomic mass is 32.2. The first-order valence-corrected chi connectivity index (χ1v) is 9.63. The number of sulfonamides is 1. The fraction of sp³-hybridized carbons (Fsp3) is 0.857. The topological polar surface area (TPSA) is 79.5 Å². The van der Waals surface area contributed by atoms with Crippen molar-refractivity contribution in [3.63, 3.8) is 0 Å². The zero-order valence-electron chi connectivity index (χ0n) is 13.1. The summed E-state index contributed by atoms with van der Waals surface area (Å²) in [6, 6.07) is 0. The van der Waals surface area contributed by atoms with Crippen molar-refractivity contribution in [2.24, 2.45) is 5.92 Å². The number of aryl methyl sites for hydroxylation is 1. The van der Waals surface area contributed by atoms with E-state index in [4.69, 9.17) is 4.52 Å². The molecule has 22 heavy (non-hydrogen) atoms. The maximum Gasteiger partial charge on any atom is 0.223 e. The molecular formula is C14H24N4O3S. The first-order valence-electron chi connectivity index (χ1n) is 8.02. The molecule has 0 N–H and O–H groups in total. The summed E-state index contributed by atoms with van der Waals surface area (Å²) in [6.07, 6.45) is 3.88. The van der Waals surface area contributed by atoms with Gasteiger partial charge in [0.25, 0.3) is 0 Å². The van der Waals surface area contributed by atoms with Crippen molar-refractivity contribution in [1.29, 1.82) is 0 Å². The highest BCUT2D eigenvalue weighted by Gasteiger charge is 2.29. The molecule has 3 rings (SSSR count). The Hall–Kier alpha value is -0.990. The summed E-state index contributed by atoms with van der Waals surface area (Å²) < 4.78 is 30.2. The molecule has 0 aromatic carbocycles. The molecule has 0 bridgehead atoms. The lowest BCUT2D eigenvalue weighted by Crippen LogP contribution is -2.40. The molecule has 124 valence electrons. The maximum absolute atomic E-state index is 11.8. The van der Waals surface area contributed by atoms with Gasteiger partial charge < -0.3 is 9.42 Å². The summed E-state index contributed by atoms with van der Waals surface area (Å²) >= 11 is 0. The smallest absolute Gasteiger partial charge is 0.223 e. The van der Waals surface area contributed by atoms with Crippen LogP contribution in [0.4, 0.5) is 0 Å². The van der Waals surface area contributed by atoms with E-state index in [1.807, 2.05) is 6.92 Å². The molecule has 0 aliphatic carbocycles. The van der Waals surface area contributed by atoms with Crippen LogP contribution in [-0.2, 0) is 16.4 Å². The van der Waals surface area contributed by atoms with Crippen molar-refractivity contribution in [3.8, 4) is 0 Å². The van der Waals surface area contributed by atoms with Gasteiger partial charge in [-0.15, -0.1) is 0 Å². The molecule has 2 aliphatic rings. The molecule has 3 heterocycles. The van der Waals surface area contributed by atoms with E-state index in [-0.39, 0.29) is 0 Å². The van der Waals surface area contributed by atoms with Crippen LogP contribution in [0.2, 0.25) is 0 Å². The summed E-state index contributed by atoms with van der Waals surface area (Å²) in [5, 5.41) is 3.96. The number of hydrogen-bond donors (Lipinski definition) is 0. The molecule has 2 saturated heterocycles. The van der Waals surface area contributed by atoms with Crippen molar-refractivity contribution >= 4 is 10.0 Å². The van der Waals surface area contributed by atoms with Crippen LogP contribution >= 0.6 is 0 Å². The van der Waals surface area contributed by atoms with E-state index in [9.17, 15) is 8.42 Å². The Morgan fingerprint density at radius 2 is 2.00 bits per heavy atom. The first-order chi connectivity index (χ1) is 10.5. The van der Waals surface area contributed by atoms with Gasteiger partial charge in [0, 0.05) is 33.0 Å². The Bertz CT molecular complexity index is 593. The minimum atomic E-state index is -2.96. The molecule has 7 nitrogen and oxygen atoms in total. The fourth-order valence-electron chi connectivity index (χ4n) is 3.29. The van der Waals surface area contributed by atoms with E-state index >= 15 is 0 Å². The lowest BCUT2D eigenvalue weighted by Gasteiger charge is -2.32. The van der Waals surface area contributed by atoms with Gasteiger partial charge >= 0.3 is 0 Å². The molecule has 0 amide bonds. The van der Waals surface area contributed by atoms with Crippen LogP contribution in [0.15, 0.2) is 4.52 Å². The third-order valence-electron chi connectivity index (χ3n) is 4.62. The van der Waals surface area contributed by atoms with Crippen LogP contribution in [-0.4, -0.2) is 66.2 Å². The number of aromatic nitrogens is 2. The molecule has 1 aromatic rings. The Morgan fingerprint density at radius 1 is 1.23 bits per heavy atom. The number of nitrogens with zero attached hydrogens (tertiary/aromatic N) is 4. The standard InChI is InChI=1S/C14H24N4O3S/c1-12-15-14(16-21-12)11-13-3-6-17(7-4-13)8-9-18-5-2-10-22(18,19)20/h13H,2-11H2,1H3. The minimum absolute atomic E-state index is 0.319. The lowest BCUT2D eigenvalue weighted by molar-refractivity contribution is 0.174. The molecule has 0 spiro atoms. The van der Waals surface area contributed by atoms with E-state index in [1.54, 1.807) is 4.31 Å². The summed E-state index contributed by atoms with van der Waals surface area (Å²) in [4.78, 5) is 6.63. The summed E-state index contributed by atoms with van der Waals surface area (Å²) in [5.41, 5.74) is 0. The minimum Gasteiger partial charge on any atom is -0.340 e. The molecule has 2 fully saturated rings. The zero-order valence-corrected chi connectivity index (χ0v) is 13.9. The summed E-state index contributed by atoms with van der Waals surface area (Å²) in [5.74, 6) is 2.35. The number of hydrogen-bond acceptors (Lipinski definition) is 6. The monoisotopic (exact) mass is 328 g/mol. The van der Waals surface area contributed by atoms with Gasteiger partial charge in [-0.25, -0.2) is 12.7 Å². The highest BCUT2D eigenvalue weighted by Crippen LogP contribution is 2.21. The Labute approximate surface area is 131 Å². The number of piperidine rings is 1. The van der Waals surface area contributed by atoms with Gasteiger partial charge in [0.15, 0.2) is 5.82 Å². The largest absolute Gasteiger partial charge is 0.340 e. The van der Waals surface area contributed by atoms with E-state index in [0.29, 0.717) is 30.7 Å². The number of likely N-dealkylation sites (tertiary alicyclic amines) is 1. The number of rotatable bonds is 5. The van der Waals surface area contributed by atoms with Crippen LogP contribution in [0, 0.1) is 12.8 Å². The Morgan fingerprint density at radius 3 is 2.59 bits per heavy atom. The van der Waals surface area contributed by atoms with Gasteiger partial charge in [0.2, 0.25) is 15.9 Å². The van der Waals surface area contributed by atoms with Crippen LogP contribution < -0.4 is 0 Å². The van der Waals surface area contributed by atoms with E-state index in [0.717, 1.165) is 51.1 Å². The van der Waals surface area contributed by atoms with Gasteiger partial charge in [0.1, 0.15) is 0 Å². The second-order valence-electron chi connectivity index (χ2n) is 6.29. The molecule has 0 saturated carbocycles. The quantitative estimate of drug-likeness (QED) is 0.790. The highest BCUT2D eigenvalue weighted by molar-refractivity contribution is 7.89. The van der Waals surface area contributed by atoms with Gasteiger partial charge in [0.05, 0.1) is 5.75 Å².